The summed E-state index contributed by atoms with van der Waals surface area (Å²) in [5.41, 5.74) is 7.12. The lowest BCUT2D eigenvalue weighted by molar-refractivity contribution is 0.376. The Kier molecular flexibility index (Phi) is 2.60. The van der Waals surface area contributed by atoms with Crippen LogP contribution in [0.1, 0.15) is 18.9 Å². The van der Waals surface area contributed by atoms with E-state index in [0.717, 1.165) is 31.6 Å². The second kappa shape index (κ2) is 4.12. The molecule has 2 aromatic rings. The van der Waals surface area contributed by atoms with Gasteiger partial charge in [-0.2, -0.15) is 9.97 Å². The predicted molar refractivity (Wildman–Crippen MR) is 65.9 cm³/mol. The van der Waals surface area contributed by atoms with Crippen molar-refractivity contribution in [2.45, 2.75) is 18.9 Å². The number of hydrogen-bond donors (Lipinski definition) is 2. The lowest BCUT2D eigenvalue weighted by atomic mass is 10.1. The van der Waals surface area contributed by atoms with Gasteiger partial charge in [-0.3, -0.25) is 0 Å². The molecule has 90 valence electrons. The van der Waals surface area contributed by atoms with Gasteiger partial charge in [0.1, 0.15) is 5.52 Å². The molecule has 1 saturated heterocycles. The van der Waals surface area contributed by atoms with Gasteiger partial charge in [0.05, 0.1) is 6.33 Å². The molecule has 3 N–H and O–H groups in total. The molecule has 1 atom stereocenters. The molecule has 1 aliphatic heterocycles. The van der Waals surface area contributed by atoms with Gasteiger partial charge in [-0.1, -0.05) is 0 Å². The Morgan fingerprint density at radius 1 is 1.47 bits per heavy atom. The zero-order valence-corrected chi connectivity index (χ0v) is 9.98. The second-order valence-electron chi connectivity index (χ2n) is 4.20. The van der Waals surface area contributed by atoms with Crippen LogP contribution in [0.15, 0.2) is 6.33 Å². The average Bonchev–Trinajstić information content (AvgIpc) is 2.74. The first-order valence-electron chi connectivity index (χ1n) is 5.62. The van der Waals surface area contributed by atoms with Crippen LogP contribution in [0.3, 0.4) is 0 Å². The minimum absolute atomic E-state index is 0.167. The highest BCUT2D eigenvalue weighted by Crippen LogP contribution is 2.24. The van der Waals surface area contributed by atoms with Crippen LogP contribution in [0.5, 0.6) is 0 Å². The fourth-order valence-corrected chi connectivity index (χ4v) is 2.42. The summed E-state index contributed by atoms with van der Waals surface area (Å²) in [6, 6.07) is 0.360. The van der Waals surface area contributed by atoms with Crippen LogP contribution < -0.4 is 11.1 Å². The van der Waals surface area contributed by atoms with E-state index in [1.165, 1.54) is 0 Å². The van der Waals surface area contributed by atoms with Gasteiger partial charge in [0.2, 0.25) is 5.28 Å². The number of imidazole rings is 1. The molecule has 0 saturated carbocycles. The molecule has 1 unspecified atom stereocenters. The fraction of sp³-hybridized carbons (Fsp3) is 0.500. The lowest BCUT2D eigenvalue weighted by Gasteiger charge is -2.24. The summed E-state index contributed by atoms with van der Waals surface area (Å²) in [6.45, 7) is 1.99. The van der Waals surface area contributed by atoms with E-state index in [4.69, 9.17) is 17.3 Å². The predicted octanol–water partition coefficient (Wildman–Crippen LogP) is 0.986. The number of halogens is 1. The monoisotopic (exact) mass is 252 g/mol. The third-order valence-corrected chi connectivity index (χ3v) is 3.25. The van der Waals surface area contributed by atoms with Crippen molar-refractivity contribution in [2.24, 2.45) is 0 Å². The van der Waals surface area contributed by atoms with E-state index in [9.17, 15) is 0 Å². The molecule has 1 fully saturated rings. The summed E-state index contributed by atoms with van der Waals surface area (Å²) in [7, 11) is 0. The summed E-state index contributed by atoms with van der Waals surface area (Å²) in [5.74, 6) is 0.336. The van der Waals surface area contributed by atoms with Crippen LogP contribution in [0.25, 0.3) is 11.2 Å². The maximum Gasteiger partial charge on any atom is 0.226 e. The Morgan fingerprint density at radius 2 is 2.35 bits per heavy atom. The number of fused-ring (bicyclic) bond motifs is 1. The van der Waals surface area contributed by atoms with Crippen molar-refractivity contribution in [1.82, 2.24) is 24.8 Å². The quantitative estimate of drug-likeness (QED) is 0.740. The van der Waals surface area contributed by atoms with E-state index in [1.54, 1.807) is 6.33 Å². The fourth-order valence-electron chi connectivity index (χ4n) is 2.25. The number of piperidine rings is 1. The van der Waals surface area contributed by atoms with Crippen LogP contribution in [-0.2, 0) is 0 Å². The summed E-state index contributed by atoms with van der Waals surface area (Å²) in [6.07, 6.45) is 4.03. The minimum atomic E-state index is 0.167. The normalized spacial score (nSPS) is 20.9. The Labute approximate surface area is 103 Å². The number of nitrogens with one attached hydrogen (secondary N) is 1. The Morgan fingerprint density at radius 3 is 3.12 bits per heavy atom. The molecule has 6 nitrogen and oxygen atoms in total. The molecule has 3 rings (SSSR count). The molecule has 7 heteroatoms. The van der Waals surface area contributed by atoms with Gasteiger partial charge in [0.15, 0.2) is 11.5 Å². The molecule has 0 radical (unpaired) electrons. The number of nitrogens with zero attached hydrogens (tertiary/aromatic N) is 4. The summed E-state index contributed by atoms with van der Waals surface area (Å²) < 4.78 is 2.03. The molecule has 0 aliphatic carbocycles. The Hall–Kier alpha value is -1.40. The van der Waals surface area contributed by atoms with E-state index in [2.05, 4.69) is 20.3 Å². The van der Waals surface area contributed by atoms with E-state index in [-0.39, 0.29) is 5.28 Å². The van der Waals surface area contributed by atoms with Gasteiger partial charge in [-0.25, -0.2) is 4.98 Å². The third kappa shape index (κ3) is 1.83. The van der Waals surface area contributed by atoms with E-state index >= 15 is 0 Å². The molecule has 17 heavy (non-hydrogen) atoms. The van der Waals surface area contributed by atoms with Crippen molar-refractivity contribution in [2.75, 3.05) is 18.8 Å². The molecule has 1 aliphatic rings. The van der Waals surface area contributed by atoms with Crippen LogP contribution in [0, 0.1) is 0 Å². The zero-order valence-electron chi connectivity index (χ0n) is 9.23. The van der Waals surface area contributed by atoms with Gasteiger partial charge in [-0.05, 0) is 31.0 Å². The van der Waals surface area contributed by atoms with Crippen LogP contribution in [-0.4, -0.2) is 32.6 Å². The number of anilines is 1. The highest BCUT2D eigenvalue weighted by atomic mass is 35.5. The van der Waals surface area contributed by atoms with Crippen molar-refractivity contribution in [1.29, 1.82) is 0 Å². The van der Waals surface area contributed by atoms with E-state index in [1.807, 2.05) is 4.57 Å². The Bertz CT molecular complexity index is 545. The van der Waals surface area contributed by atoms with Crippen LogP contribution in [0.4, 0.5) is 5.82 Å². The highest BCUT2D eigenvalue weighted by Gasteiger charge is 2.19. The third-order valence-electron chi connectivity index (χ3n) is 3.09. The van der Waals surface area contributed by atoms with Gasteiger partial charge < -0.3 is 15.6 Å². The van der Waals surface area contributed by atoms with Crippen molar-refractivity contribution in [3.8, 4) is 0 Å². The van der Waals surface area contributed by atoms with Gasteiger partial charge >= 0.3 is 0 Å². The van der Waals surface area contributed by atoms with Crippen molar-refractivity contribution in [3.63, 3.8) is 0 Å². The number of nitrogen functional groups attached to an aromatic ring is 1. The van der Waals surface area contributed by atoms with E-state index in [0.29, 0.717) is 17.4 Å². The largest absolute Gasteiger partial charge is 0.382 e. The SMILES string of the molecule is Nc1nc(Cl)nc2c1ncn2C1CCCNC1. The summed E-state index contributed by atoms with van der Waals surface area (Å²) in [4.78, 5) is 12.4. The number of rotatable bonds is 1. The minimum Gasteiger partial charge on any atom is -0.382 e. The summed E-state index contributed by atoms with van der Waals surface area (Å²) >= 11 is 5.83. The van der Waals surface area contributed by atoms with Gasteiger partial charge in [0, 0.05) is 12.6 Å². The van der Waals surface area contributed by atoms with Crippen molar-refractivity contribution >= 4 is 28.6 Å². The first kappa shape index (κ1) is 10.7. The lowest BCUT2D eigenvalue weighted by Crippen LogP contribution is -2.31. The number of hydrogen-bond acceptors (Lipinski definition) is 5. The summed E-state index contributed by atoms with van der Waals surface area (Å²) in [5, 5.41) is 3.53. The molecule has 2 aromatic heterocycles. The standard InChI is InChI=1S/C10H13ClN6/c11-10-15-8(12)7-9(16-10)17(5-14-7)6-2-1-3-13-4-6/h5-6,13H,1-4H2,(H2,12,15,16). The maximum absolute atomic E-state index is 5.83. The maximum atomic E-state index is 5.83. The van der Waals surface area contributed by atoms with E-state index < -0.39 is 0 Å². The molecule has 3 heterocycles. The molecule has 0 amide bonds. The number of aromatic nitrogens is 4. The van der Waals surface area contributed by atoms with Gasteiger partial charge in [0.25, 0.3) is 0 Å². The average molecular weight is 253 g/mol. The zero-order chi connectivity index (χ0) is 11.8. The Balaban J connectivity index is 2.10. The first-order valence-corrected chi connectivity index (χ1v) is 6.00. The molecular formula is C10H13ClN6. The number of nitrogens with two attached hydrogens (primary N) is 1. The first-order chi connectivity index (χ1) is 8.25. The van der Waals surface area contributed by atoms with Crippen molar-refractivity contribution in [3.05, 3.63) is 11.6 Å². The molecule has 0 bridgehead atoms. The molecule has 0 aromatic carbocycles. The van der Waals surface area contributed by atoms with Crippen molar-refractivity contribution < 1.29 is 0 Å². The topological polar surface area (TPSA) is 81.7 Å². The highest BCUT2D eigenvalue weighted by molar-refractivity contribution is 6.28. The molecular weight excluding hydrogens is 240 g/mol. The van der Waals surface area contributed by atoms with Gasteiger partial charge in [-0.15, -0.1) is 0 Å². The molecule has 0 spiro atoms. The smallest absolute Gasteiger partial charge is 0.226 e. The van der Waals surface area contributed by atoms with Crippen LogP contribution >= 0.6 is 11.6 Å². The second-order valence-corrected chi connectivity index (χ2v) is 4.54. The van der Waals surface area contributed by atoms with Crippen LogP contribution in [0.2, 0.25) is 5.28 Å².